The van der Waals surface area contributed by atoms with Crippen LogP contribution in [0.15, 0.2) is 4.99 Å². The van der Waals surface area contributed by atoms with Gasteiger partial charge < -0.3 is 16.0 Å². The molecular formula is C13H25IN4O. The Bertz CT molecular complexity index is 344. The van der Waals surface area contributed by atoms with Crippen LogP contribution in [0, 0.1) is 5.92 Å². The van der Waals surface area contributed by atoms with Gasteiger partial charge in [0.05, 0.1) is 0 Å². The van der Waals surface area contributed by atoms with E-state index in [0.29, 0.717) is 42.8 Å². The Morgan fingerprint density at radius 3 is 2.84 bits per heavy atom. The zero-order valence-corrected chi connectivity index (χ0v) is 14.1. The number of nitrogens with zero attached hydrogens (tertiary/aromatic N) is 2. The van der Waals surface area contributed by atoms with Gasteiger partial charge >= 0.3 is 0 Å². The van der Waals surface area contributed by atoms with E-state index in [9.17, 15) is 4.79 Å². The van der Waals surface area contributed by atoms with Crippen LogP contribution in [0.5, 0.6) is 0 Å². The number of hydrogen-bond acceptors (Lipinski definition) is 2. The van der Waals surface area contributed by atoms with Crippen LogP contribution in [0.25, 0.3) is 0 Å². The minimum absolute atomic E-state index is 0. The highest BCUT2D eigenvalue weighted by molar-refractivity contribution is 14.0. The number of halogens is 1. The molecule has 6 heteroatoms. The Hall–Kier alpha value is -0.530. The van der Waals surface area contributed by atoms with E-state index in [-0.39, 0.29) is 24.0 Å². The van der Waals surface area contributed by atoms with Gasteiger partial charge in [-0.3, -0.25) is 9.79 Å². The van der Waals surface area contributed by atoms with Crippen molar-refractivity contribution in [3.8, 4) is 0 Å². The Kier molecular flexibility index (Phi) is 6.35. The molecule has 2 atom stereocenters. The van der Waals surface area contributed by atoms with Crippen molar-refractivity contribution >= 4 is 35.8 Å². The molecule has 0 aromatic heterocycles. The monoisotopic (exact) mass is 380 g/mol. The van der Waals surface area contributed by atoms with Crippen molar-refractivity contribution < 1.29 is 4.79 Å². The molecular weight excluding hydrogens is 355 g/mol. The van der Waals surface area contributed by atoms with Gasteiger partial charge in [-0.1, -0.05) is 6.92 Å². The number of amides is 1. The highest BCUT2D eigenvalue weighted by atomic mass is 127. The quantitative estimate of drug-likeness (QED) is 0.429. The minimum atomic E-state index is 0. The van der Waals surface area contributed by atoms with Gasteiger partial charge in [0.2, 0.25) is 5.91 Å². The molecule has 2 aliphatic rings. The summed E-state index contributed by atoms with van der Waals surface area (Å²) >= 11 is 0. The number of nitrogens with one attached hydrogen (secondary N) is 1. The van der Waals surface area contributed by atoms with Crippen LogP contribution in [-0.4, -0.2) is 41.9 Å². The van der Waals surface area contributed by atoms with E-state index in [1.807, 2.05) is 4.90 Å². The second-order valence-electron chi connectivity index (χ2n) is 5.53. The topological polar surface area (TPSA) is 70.7 Å². The van der Waals surface area contributed by atoms with Gasteiger partial charge in [-0.05, 0) is 26.2 Å². The summed E-state index contributed by atoms with van der Waals surface area (Å²) in [5, 5.41) is 3.14. The predicted octanol–water partition coefficient (Wildman–Crippen LogP) is 1.32. The normalized spacial score (nSPS) is 25.2. The van der Waals surface area contributed by atoms with Crippen LogP contribution in [-0.2, 0) is 4.79 Å². The fourth-order valence-corrected chi connectivity index (χ4v) is 2.30. The molecule has 1 heterocycles. The maximum absolute atomic E-state index is 11.8. The summed E-state index contributed by atoms with van der Waals surface area (Å²) in [6.07, 6.45) is 4.02. The molecule has 2 rings (SSSR count). The number of aliphatic imine (C=N–C) groups is 1. The first-order valence-electron chi connectivity index (χ1n) is 6.96. The molecule has 5 nitrogen and oxygen atoms in total. The average molecular weight is 380 g/mol. The number of likely N-dealkylation sites (tertiary alicyclic amines) is 1. The van der Waals surface area contributed by atoms with Crippen molar-refractivity contribution in [2.24, 2.45) is 16.6 Å². The lowest BCUT2D eigenvalue weighted by molar-refractivity contribution is -0.128. The lowest BCUT2D eigenvalue weighted by Gasteiger charge is -2.15. The van der Waals surface area contributed by atoms with E-state index in [0.717, 1.165) is 13.0 Å². The molecule has 2 fully saturated rings. The molecule has 19 heavy (non-hydrogen) atoms. The van der Waals surface area contributed by atoms with Gasteiger partial charge in [-0.15, -0.1) is 24.0 Å². The van der Waals surface area contributed by atoms with Gasteiger partial charge in [-0.2, -0.15) is 0 Å². The molecule has 0 bridgehead atoms. The molecule has 1 aliphatic heterocycles. The molecule has 0 radical (unpaired) electrons. The van der Waals surface area contributed by atoms with Crippen molar-refractivity contribution in [1.29, 1.82) is 0 Å². The Balaban J connectivity index is 0.00000180. The molecule has 0 aromatic rings. The van der Waals surface area contributed by atoms with Crippen LogP contribution in [0.4, 0.5) is 0 Å². The Morgan fingerprint density at radius 2 is 2.26 bits per heavy atom. The first kappa shape index (κ1) is 16.5. The highest BCUT2D eigenvalue weighted by Gasteiger charge is 2.38. The van der Waals surface area contributed by atoms with Crippen molar-refractivity contribution in [2.75, 3.05) is 13.1 Å². The fraction of sp³-hybridized carbons (Fsp3) is 0.846. The fourth-order valence-electron chi connectivity index (χ4n) is 2.30. The smallest absolute Gasteiger partial charge is 0.223 e. The number of hydrogen-bond donors (Lipinski definition) is 2. The van der Waals surface area contributed by atoms with Crippen molar-refractivity contribution in [2.45, 2.75) is 51.6 Å². The van der Waals surface area contributed by atoms with Gasteiger partial charge in [0.15, 0.2) is 5.96 Å². The van der Waals surface area contributed by atoms with Crippen LogP contribution in [0.3, 0.4) is 0 Å². The van der Waals surface area contributed by atoms with Crippen molar-refractivity contribution in [3.63, 3.8) is 0 Å². The number of carbonyl (C=O) groups excluding carboxylic acids is 1. The summed E-state index contributed by atoms with van der Waals surface area (Å²) in [7, 11) is 0. The van der Waals surface area contributed by atoms with E-state index < -0.39 is 0 Å². The van der Waals surface area contributed by atoms with Crippen molar-refractivity contribution in [1.82, 2.24) is 10.2 Å². The third-order valence-electron chi connectivity index (χ3n) is 3.75. The number of carbonyl (C=O) groups is 1. The standard InChI is InChI=1S/C13H24N4O.HI/c1-3-9(2)16-13(14)15-7-10-6-12(18)17(8-10)11-4-5-11;/h9-11H,3-8H2,1-2H3,(H3,14,15,16);1H. The van der Waals surface area contributed by atoms with Gasteiger partial charge in [-0.25, -0.2) is 0 Å². The number of nitrogens with two attached hydrogens (primary N) is 1. The van der Waals surface area contributed by atoms with Crippen LogP contribution < -0.4 is 11.1 Å². The Labute approximate surface area is 132 Å². The van der Waals surface area contributed by atoms with E-state index in [2.05, 4.69) is 24.2 Å². The first-order valence-corrected chi connectivity index (χ1v) is 6.96. The van der Waals surface area contributed by atoms with Crippen LogP contribution >= 0.6 is 24.0 Å². The summed E-state index contributed by atoms with van der Waals surface area (Å²) < 4.78 is 0. The molecule has 1 saturated heterocycles. The van der Waals surface area contributed by atoms with Gasteiger partial charge in [0, 0.05) is 37.5 Å². The highest BCUT2D eigenvalue weighted by Crippen LogP contribution is 2.32. The zero-order chi connectivity index (χ0) is 13.1. The summed E-state index contributed by atoms with van der Waals surface area (Å²) in [5.74, 6) is 1.14. The van der Waals surface area contributed by atoms with Gasteiger partial charge in [0.25, 0.3) is 0 Å². The molecule has 1 amide bonds. The largest absolute Gasteiger partial charge is 0.370 e. The van der Waals surface area contributed by atoms with Crippen LogP contribution in [0.1, 0.15) is 39.5 Å². The molecule has 0 aromatic carbocycles. The lowest BCUT2D eigenvalue weighted by Crippen LogP contribution is -2.38. The maximum atomic E-state index is 11.8. The second-order valence-corrected chi connectivity index (χ2v) is 5.53. The molecule has 1 saturated carbocycles. The van der Waals surface area contributed by atoms with E-state index in [4.69, 9.17) is 5.73 Å². The summed E-state index contributed by atoms with van der Waals surface area (Å²) in [6.45, 7) is 5.71. The number of rotatable bonds is 5. The Morgan fingerprint density at radius 1 is 1.58 bits per heavy atom. The third-order valence-corrected chi connectivity index (χ3v) is 3.75. The third kappa shape index (κ3) is 4.81. The lowest BCUT2D eigenvalue weighted by atomic mass is 10.1. The summed E-state index contributed by atoms with van der Waals surface area (Å²) in [5.41, 5.74) is 5.81. The maximum Gasteiger partial charge on any atom is 0.223 e. The summed E-state index contributed by atoms with van der Waals surface area (Å²) in [6, 6.07) is 0.879. The molecule has 110 valence electrons. The minimum Gasteiger partial charge on any atom is -0.370 e. The molecule has 2 unspecified atom stereocenters. The van der Waals surface area contributed by atoms with E-state index >= 15 is 0 Å². The first-order chi connectivity index (χ1) is 8.60. The van der Waals surface area contributed by atoms with Crippen LogP contribution in [0.2, 0.25) is 0 Å². The second kappa shape index (κ2) is 7.31. The predicted molar refractivity (Wildman–Crippen MR) is 87.6 cm³/mol. The molecule has 1 aliphatic carbocycles. The van der Waals surface area contributed by atoms with E-state index in [1.165, 1.54) is 12.8 Å². The van der Waals surface area contributed by atoms with Crippen molar-refractivity contribution in [3.05, 3.63) is 0 Å². The molecule has 0 spiro atoms. The average Bonchev–Trinajstić information content (AvgIpc) is 3.11. The summed E-state index contributed by atoms with van der Waals surface area (Å²) in [4.78, 5) is 18.1. The number of guanidine groups is 1. The van der Waals surface area contributed by atoms with Gasteiger partial charge in [0.1, 0.15) is 0 Å². The van der Waals surface area contributed by atoms with E-state index in [1.54, 1.807) is 0 Å². The molecule has 3 N–H and O–H groups in total. The zero-order valence-electron chi connectivity index (χ0n) is 11.8. The SMILES string of the molecule is CCC(C)NC(N)=NCC1CC(=O)N(C2CC2)C1.I.